The van der Waals surface area contributed by atoms with Crippen molar-refractivity contribution in [1.29, 1.82) is 0 Å². The highest BCUT2D eigenvalue weighted by Gasteiger charge is 2.35. The van der Waals surface area contributed by atoms with E-state index < -0.39 is 0 Å². The highest BCUT2D eigenvalue weighted by molar-refractivity contribution is 5.79. The number of carbonyl (C=O) groups excluding carboxylic acids is 1. The standard InChI is InChI=1S/C20H27N3O2/c1-4-23(14-16-12-21-22(3)13-16)20(24)18-6-5-11-25-19(18)17-9-7-15(2)8-10-17/h7-10,12-13,18-19H,4-6,11,14H2,1-3H3/t18-,19-/m0/s1. The molecule has 1 saturated heterocycles. The lowest BCUT2D eigenvalue weighted by atomic mass is 9.88. The minimum absolute atomic E-state index is 0.118. The quantitative estimate of drug-likeness (QED) is 0.839. The van der Waals surface area contributed by atoms with Crippen molar-refractivity contribution in [2.24, 2.45) is 13.0 Å². The van der Waals surface area contributed by atoms with E-state index in [1.165, 1.54) is 5.56 Å². The zero-order valence-corrected chi connectivity index (χ0v) is 15.3. The summed E-state index contributed by atoms with van der Waals surface area (Å²) in [4.78, 5) is 15.1. The molecule has 134 valence electrons. The number of nitrogens with zero attached hydrogens (tertiary/aromatic N) is 3. The molecule has 3 rings (SSSR count). The van der Waals surface area contributed by atoms with Gasteiger partial charge in [0, 0.05) is 38.5 Å². The molecule has 1 aliphatic heterocycles. The van der Waals surface area contributed by atoms with Crippen molar-refractivity contribution < 1.29 is 9.53 Å². The number of ether oxygens (including phenoxy) is 1. The van der Waals surface area contributed by atoms with Crippen LogP contribution in [0.1, 0.15) is 42.6 Å². The second-order valence-electron chi connectivity index (χ2n) is 6.83. The number of rotatable bonds is 5. The summed E-state index contributed by atoms with van der Waals surface area (Å²) < 4.78 is 7.79. The van der Waals surface area contributed by atoms with Gasteiger partial charge in [0.15, 0.2) is 0 Å². The van der Waals surface area contributed by atoms with Crippen LogP contribution < -0.4 is 0 Å². The van der Waals surface area contributed by atoms with Crippen molar-refractivity contribution in [3.05, 3.63) is 53.3 Å². The monoisotopic (exact) mass is 341 g/mol. The Morgan fingerprint density at radius 2 is 2.12 bits per heavy atom. The number of hydrogen-bond donors (Lipinski definition) is 0. The summed E-state index contributed by atoms with van der Waals surface area (Å²) in [5.41, 5.74) is 3.37. The van der Waals surface area contributed by atoms with Crippen molar-refractivity contribution in [1.82, 2.24) is 14.7 Å². The summed E-state index contributed by atoms with van der Waals surface area (Å²) in [6.07, 6.45) is 5.45. The third-order valence-electron chi connectivity index (χ3n) is 4.87. The fourth-order valence-corrected chi connectivity index (χ4v) is 3.47. The van der Waals surface area contributed by atoms with E-state index in [9.17, 15) is 4.79 Å². The first-order valence-corrected chi connectivity index (χ1v) is 9.03. The average molecular weight is 341 g/mol. The summed E-state index contributed by atoms with van der Waals surface area (Å²) in [5.74, 6) is 0.0599. The number of hydrogen-bond acceptors (Lipinski definition) is 3. The van der Waals surface area contributed by atoms with Crippen LogP contribution in [0.4, 0.5) is 0 Å². The van der Waals surface area contributed by atoms with Crippen LogP contribution in [0.15, 0.2) is 36.7 Å². The smallest absolute Gasteiger partial charge is 0.228 e. The number of benzene rings is 1. The maximum atomic E-state index is 13.2. The summed E-state index contributed by atoms with van der Waals surface area (Å²) in [6.45, 7) is 6.10. The van der Waals surface area contributed by atoms with Crippen LogP contribution >= 0.6 is 0 Å². The van der Waals surface area contributed by atoms with E-state index in [1.54, 1.807) is 4.68 Å². The van der Waals surface area contributed by atoms with Crippen LogP contribution in [0.3, 0.4) is 0 Å². The van der Waals surface area contributed by atoms with Crippen LogP contribution in [-0.2, 0) is 23.1 Å². The average Bonchev–Trinajstić information content (AvgIpc) is 3.05. The molecule has 2 heterocycles. The van der Waals surface area contributed by atoms with Crippen LogP contribution in [-0.4, -0.2) is 33.7 Å². The molecule has 0 unspecified atom stereocenters. The van der Waals surface area contributed by atoms with Crippen LogP contribution in [0.25, 0.3) is 0 Å². The molecule has 1 amide bonds. The molecule has 2 aromatic rings. The third-order valence-corrected chi connectivity index (χ3v) is 4.87. The molecular weight excluding hydrogens is 314 g/mol. The molecule has 0 N–H and O–H groups in total. The molecule has 1 aliphatic rings. The second-order valence-corrected chi connectivity index (χ2v) is 6.83. The third kappa shape index (κ3) is 4.10. The summed E-state index contributed by atoms with van der Waals surface area (Å²) in [6, 6.07) is 8.34. The van der Waals surface area contributed by atoms with E-state index in [4.69, 9.17) is 4.74 Å². The van der Waals surface area contributed by atoms with E-state index >= 15 is 0 Å². The lowest BCUT2D eigenvalue weighted by molar-refractivity contribution is -0.146. The Balaban J connectivity index is 1.77. The van der Waals surface area contributed by atoms with Gasteiger partial charge in [0.2, 0.25) is 5.91 Å². The fourth-order valence-electron chi connectivity index (χ4n) is 3.47. The van der Waals surface area contributed by atoms with Crippen molar-refractivity contribution in [2.75, 3.05) is 13.2 Å². The van der Waals surface area contributed by atoms with E-state index in [0.717, 1.165) is 30.6 Å². The van der Waals surface area contributed by atoms with Gasteiger partial charge >= 0.3 is 0 Å². The predicted molar refractivity (Wildman–Crippen MR) is 96.9 cm³/mol. The number of carbonyl (C=O) groups is 1. The number of aromatic nitrogens is 2. The molecule has 5 nitrogen and oxygen atoms in total. The predicted octanol–water partition coefficient (Wildman–Crippen LogP) is 3.24. The minimum Gasteiger partial charge on any atom is -0.373 e. The molecule has 25 heavy (non-hydrogen) atoms. The number of aryl methyl sites for hydroxylation is 2. The Morgan fingerprint density at radius 1 is 1.36 bits per heavy atom. The molecule has 0 spiro atoms. The first-order valence-electron chi connectivity index (χ1n) is 9.03. The molecule has 2 atom stereocenters. The van der Waals surface area contributed by atoms with E-state index in [-0.39, 0.29) is 17.9 Å². The van der Waals surface area contributed by atoms with E-state index in [0.29, 0.717) is 13.1 Å². The fraction of sp³-hybridized carbons (Fsp3) is 0.500. The molecular formula is C20H27N3O2. The van der Waals surface area contributed by atoms with E-state index in [1.807, 2.05) is 31.3 Å². The Morgan fingerprint density at radius 3 is 2.76 bits per heavy atom. The number of amides is 1. The van der Waals surface area contributed by atoms with Gasteiger partial charge in [0.1, 0.15) is 0 Å². The van der Waals surface area contributed by atoms with Gasteiger partial charge in [0.25, 0.3) is 0 Å². The lowest BCUT2D eigenvalue weighted by Crippen LogP contribution is -2.40. The zero-order chi connectivity index (χ0) is 17.8. The van der Waals surface area contributed by atoms with Crippen LogP contribution in [0, 0.1) is 12.8 Å². The Hall–Kier alpha value is -2.14. The molecule has 1 aromatic carbocycles. The Bertz CT molecular complexity index is 708. The summed E-state index contributed by atoms with van der Waals surface area (Å²) >= 11 is 0. The van der Waals surface area contributed by atoms with Gasteiger partial charge in [-0.3, -0.25) is 9.48 Å². The van der Waals surface area contributed by atoms with Gasteiger partial charge in [-0.05, 0) is 32.3 Å². The summed E-state index contributed by atoms with van der Waals surface area (Å²) in [5, 5.41) is 4.20. The summed E-state index contributed by atoms with van der Waals surface area (Å²) in [7, 11) is 1.89. The molecule has 5 heteroatoms. The molecule has 0 radical (unpaired) electrons. The highest BCUT2D eigenvalue weighted by atomic mass is 16.5. The molecule has 1 aromatic heterocycles. The maximum absolute atomic E-state index is 13.2. The molecule has 0 bridgehead atoms. The SMILES string of the molecule is CCN(Cc1cnn(C)c1)C(=O)[C@H]1CCCO[C@H]1c1ccc(C)cc1. The lowest BCUT2D eigenvalue weighted by Gasteiger charge is -2.34. The van der Waals surface area contributed by atoms with Crippen molar-refractivity contribution in [3.63, 3.8) is 0 Å². The zero-order valence-electron chi connectivity index (χ0n) is 15.3. The van der Waals surface area contributed by atoms with Crippen molar-refractivity contribution >= 4 is 5.91 Å². The Labute approximate surface area is 149 Å². The second kappa shape index (κ2) is 7.83. The molecule has 0 saturated carbocycles. The van der Waals surface area contributed by atoms with Crippen LogP contribution in [0.5, 0.6) is 0 Å². The topological polar surface area (TPSA) is 47.4 Å². The van der Waals surface area contributed by atoms with Gasteiger partial charge < -0.3 is 9.64 Å². The normalized spacial score (nSPS) is 20.4. The van der Waals surface area contributed by atoms with Crippen LogP contribution in [0.2, 0.25) is 0 Å². The Kier molecular flexibility index (Phi) is 5.53. The highest BCUT2D eigenvalue weighted by Crippen LogP contribution is 2.35. The first-order chi connectivity index (χ1) is 12.1. The van der Waals surface area contributed by atoms with Crippen molar-refractivity contribution in [3.8, 4) is 0 Å². The van der Waals surface area contributed by atoms with Gasteiger partial charge in [-0.1, -0.05) is 29.8 Å². The van der Waals surface area contributed by atoms with E-state index in [2.05, 4.69) is 36.3 Å². The minimum atomic E-state index is -0.148. The van der Waals surface area contributed by atoms with Gasteiger partial charge in [-0.25, -0.2) is 0 Å². The maximum Gasteiger partial charge on any atom is 0.228 e. The van der Waals surface area contributed by atoms with Crippen molar-refractivity contribution in [2.45, 2.75) is 39.3 Å². The van der Waals surface area contributed by atoms with Gasteiger partial charge in [-0.15, -0.1) is 0 Å². The molecule has 1 fully saturated rings. The van der Waals surface area contributed by atoms with Gasteiger partial charge in [-0.2, -0.15) is 5.10 Å². The first kappa shape index (κ1) is 17.7. The largest absolute Gasteiger partial charge is 0.373 e. The van der Waals surface area contributed by atoms with Gasteiger partial charge in [0.05, 0.1) is 18.2 Å². The molecule has 0 aliphatic carbocycles.